The van der Waals surface area contributed by atoms with Gasteiger partial charge in [-0.1, -0.05) is 35.3 Å². The first kappa shape index (κ1) is 18.1. The molecule has 0 atom stereocenters. The first-order chi connectivity index (χ1) is 11.5. The minimum atomic E-state index is -0.327. The molecule has 7 heteroatoms. The molecule has 0 saturated carbocycles. The van der Waals surface area contributed by atoms with E-state index < -0.39 is 0 Å². The van der Waals surface area contributed by atoms with Crippen molar-refractivity contribution in [3.63, 3.8) is 0 Å². The van der Waals surface area contributed by atoms with Crippen LogP contribution >= 0.6 is 23.2 Å². The number of carbonyl (C=O) groups excluding carboxylic acids is 2. The normalized spacial score (nSPS) is 10.1. The molecule has 0 aromatic heterocycles. The first-order valence-electron chi connectivity index (χ1n) is 7.01. The molecule has 0 saturated heterocycles. The number of halogens is 2. The highest BCUT2D eigenvalue weighted by Crippen LogP contribution is 2.25. The maximum Gasteiger partial charge on any atom is 0.309 e. The minimum Gasteiger partial charge on any atom is -0.484 e. The van der Waals surface area contributed by atoms with Crippen LogP contribution in [-0.4, -0.2) is 25.6 Å². The predicted molar refractivity (Wildman–Crippen MR) is 92.7 cm³/mol. The van der Waals surface area contributed by atoms with Crippen LogP contribution in [0.4, 0.5) is 5.69 Å². The van der Waals surface area contributed by atoms with Gasteiger partial charge < -0.3 is 14.8 Å². The molecule has 0 bridgehead atoms. The molecule has 0 spiro atoms. The summed E-state index contributed by atoms with van der Waals surface area (Å²) in [5.74, 6) is -0.121. The summed E-state index contributed by atoms with van der Waals surface area (Å²) in [6.45, 7) is -0.156. The van der Waals surface area contributed by atoms with Crippen LogP contribution in [0.1, 0.15) is 5.56 Å². The summed E-state index contributed by atoms with van der Waals surface area (Å²) in [6, 6.07) is 11.7. The molecule has 0 aliphatic heterocycles. The molecule has 24 heavy (non-hydrogen) atoms. The third kappa shape index (κ3) is 5.44. The number of nitrogens with one attached hydrogen (secondary N) is 1. The SMILES string of the molecule is COC(=O)Cc1ccc(OCC(=O)Nc2ccc(Cl)c(Cl)c2)cc1. The van der Waals surface area contributed by atoms with Gasteiger partial charge in [-0.15, -0.1) is 0 Å². The number of esters is 1. The molecule has 5 nitrogen and oxygen atoms in total. The van der Waals surface area contributed by atoms with Crippen LogP contribution in [-0.2, 0) is 20.7 Å². The van der Waals surface area contributed by atoms with Crippen molar-refractivity contribution in [3.05, 3.63) is 58.1 Å². The Morgan fingerprint density at radius 1 is 1.04 bits per heavy atom. The van der Waals surface area contributed by atoms with Gasteiger partial charge >= 0.3 is 5.97 Å². The number of hydrogen-bond acceptors (Lipinski definition) is 4. The molecule has 1 N–H and O–H groups in total. The number of methoxy groups -OCH3 is 1. The molecule has 1 amide bonds. The van der Waals surface area contributed by atoms with Crippen LogP contribution in [0.2, 0.25) is 10.0 Å². The molecule has 0 fully saturated rings. The maximum absolute atomic E-state index is 11.9. The Morgan fingerprint density at radius 3 is 2.38 bits per heavy atom. The highest BCUT2D eigenvalue weighted by atomic mass is 35.5. The second-order valence-electron chi connectivity index (χ2n) is 4.86. The lowest BCUT2D eigenvalue weighted by Crippen LogP contribution is -2.20. The average Bonchev–Trinajstić information content (AvgIpc) is 2.57. The summed E-state index contributed by atoms with van der Waals surface area (Å²) < 4.78 is 9.99. The van der Waals surface area contributed by atoms with Crippen LogP contribution in [0.5, 0.6) is 5.75 Å². The van der Waals surface area contributed by atoms with Gasteiger partial charge in [-0.05, 0) is 35.9 Å². The summed E-state index contributed by atoms with van der Waals surface area (Å²) in [6.07, 6.45) is 0.189. The Kier molecular flexibility index (Phi) is 6.46. The minimum absolute atomic E-state index is 0.156. The monoisotopic (exact) mass is 367 g/mol. The molecule has 0 radical (unpaired) electrons. The van der Waals surface area contributed by atoms with E-state index in [-0.39, 0.29) is 24.9 Å². The fraction of sp³-hybridized carbons (Fsp3) is 0.176. The summed E-state index contributed by atoms with van der Waals surface area (Å²) in [4.78, 5) is 23.0. The van der Waals surface area contributed by atoms with Crippen LogP contribution < -0.4 is 10.1 Å². The molecule has 2 rings (SSSR count). The number of amides is 1. The van der Waals surface area contributed by atoms with Gasteiger partial charge in [0.1, 0.15) is 5.75 Å². The average molecular weight is 368 g/mol. The Balaban J connectivity index is 1.85. The van der Waals surface area contributed by atoms with E-state index in [1.807, 2.05) is 0 Å². The molecule has 126 valence electrons. The van der Waals surface area contributed by atoms with Crippen molar-refractivity contribution in [2.45, 2.75) is 6.42 Å². The smallest absolute Gasteiger partial charge is 0.309 e. The van der Waals surface area contributed by atoms with E-state index in [1.165, 1.54) is 7.11 Å². The van der Waals surface area contributed by atoms with Gasteiger partial charge in [-0.2, -0.15) is 0 Å². The number of rotatable bonds is 6. The second-order valence-corrected chi connectivity index (χ2v) is 5.68. The van der Waals surface area contributed by atoms with Crippen molar-refractivity contribution in [3.8, 4) is 5.75 Å². The third-order valence-electron chi connectivity index (χ3n) is 3.07. The zero-order valence-electron chi connectivity index (χ0n) is 12.8. The van der Waals surface area contributed by atoms with Crippen LogP contribution in [0.25, 0.3) is 0 Å². The Bertz CT molecular complexity index is 732. The van der Waals surface area contributed by atoms with Gasteiger partial charge in [0.15, 0.2) is 6.61 Å². The summed E-state index contributed by atoms with van der Waals surface area (Å²) >= 11 is 11.7. The van der Waals surface area contributed by atoms with E-state index in [1.54, 1.807) is 42.5 Å². The quantitative estimate of drug-likeness (QED) is 0.790. The first-order valence-corrected chi connectivity index (χ1v) is 7.77. The van der Waals surface area contributed by atoms with Crippen molar-refractivity contribution in [1.29, 1.82) is 0 Å². The lowest BCUT2D eigenvalue weighted by molar-refractivity contribution is -0.139. The lowest BCUT2D eigenvalue weighted by atomic mass is 10.1. The van der Waals surface area contributed by atoms with E-state index >= 15 is 0 Å². The largest absolute Gasteiger partial charge is 0.484 e. The molecule has 0 aliphatic rings. The van der Waals surface area contributed by atoms with Crippen molar-refractivity contribution in [2.24, 2.45) is 0 Å². The van der Waals surface area contributed by atoms with Gasteiger partial charge in [-0.25, -0.2) is 0 Å². The van der Waals surface area contributed by atoms with E-state index in [2.05, 4.69) is 10.1 Å². The second kappa shape index (κ2) is 8.57. The standard InChI is InChI=1S/C17H15Cl2NO4/c1-23-17(22)8-11-2-5-13(6-3-11)24-10-16(21)20-12-4-7-14(18)15(19)9-12/h2-7,9H,8,10H2,1H3,(H,20,21). The lowest BCUT2D eigenvalue weighted by Gasteiger charge is -2.09. The summed E-state index contributed by atoms with van der Waals surface area (Å²) in [5, 5.41) is 3.43. The Labute approximate surface area is 149 Å². The number of carbonyl (C=O) groups is 2. The highest BCUT2D eigenvalue weighted by molar-refractivity contribution is 6.42. The van der Waals surface area contributed by atoms with Gasteiger partial charge in [0.05, 0.1) is 23.6 Å². The molecular weight excluding hydrogens is 353 g/mol. The molecule has 0 heterocycles. The number of anilines is 1. The number of benzene rings is 2. The van der Waals surface area contributed by atoms with E-state index in [9.17, 15) is 9.59 Å². The van der Waals surface area contributed by atoms with Crippen molar-refractivity contribution < 1.29 is 19.1 Å². The summed E-state index contributed by atoms with van der Waals surface area (Å²) in [7, 11) is 1.34. The van der Waals surface area contributed by atoms with E-state index in [0.717, 1.165) is 5.56 Å². The fourth-order valence-electron chi connectivity index (χ4n) is 1.86. The molecule has 2 aromatic rings. The van der Waals surface area contributed by atoms with Crippen LogP contribution in [0.3, 0.4) is 0 Å². The number of ether oxygens (including phenoxy) is 2. The zero-order valence-corrected chi connectivity index (χ0v) is 14.4. The maximum atomic E-state index is 11.9. The molecule has 0 aliphatic carbocycles. The molecule has 2 aromatic carbocycles. The fourth-order valence-corrected chi connectivity index (χ4v) is 2.16. The van der Waals surface area contributed by atoms with E-state index in [0.29, 0.717) is 21.5 Å². The van der Waals surface area contributed by atoms with Crippen LogP contribution in [0.15, 0.2) is 42.5 Å². The third-order valence-corrected chi connectivity index (χ3v) is 3.81. The van der Waals surface area contributed by atoms with Gasteiger partial charge in [0.25, 0.3) is 5.91 Å². The van der Waals surface area contributed by atoms with Crippen molar-refractivity contribution in [1.82, 2.24) is 0 Å². The number of hydrogen-bond donors (Lipinski definition) is 1. The van der Waals surface area contributed by atoms with Crippen molar-refractivity contribution >= 4 is 40.8 Å². The topological polar surface area (TPSA) is 64.6 Å². The van der Waals surface area contributed by atoms with Crippen molar-refractivity contribution in [2.75, 3.05) is 19.0 Å². The Morgan fingerprint density at radius 2 is 1.75 bits per heavy atom. The van der Waals surface area contributed by atoms with Gasteiger partial charge in [-0.3, -0.25) is 9.59 Å². The zero-order chi connectivity index (χ0) is 17.5. The van der Waals surface area contributed by atoms with Crippen LogP contribution in [0, 0.1) is 0 Å². The summed E-state index contributed by atoms with van der Waals surface area (Å²) in [5.41, 5.74) is 1.33. The Hall–Kier alpha value is -2.24. The van der Waals surface area contributed by atoms with E-state index in [4.69, 9.17) is 27.9 Å². The van der Waals surface area contributed by atoms with Gasteiger partial charge in [0, 0.05) is 5.69 Å². The molecule has 0 unspecified atom stereocenters. The van der Waals surface area contributed by atoms with Gasteiger partial charge in [0.2, 0.25) is 0 Å². The predicted octanol–water partition coefficient (Wildman–Crippen LogP) is 3.73. The highest BCUT2D eigenvalue weighted by Gasteiger charge is 2.07. The molecular formula is C17H15Cl2NO4.